The Kier molecular flexibility index (Phi) is 2.37. The summed E-state index contributed by atoms with van der Waals surface area (Å²) in [6.07, 6.45) is 0.910. The van der Waals surface area contributed by atoms with Crippen LogP contribution in [-0.4, -0.2) is 19.7 Å². The van der Waals surface area contributed by atoms with Gasteiger partial charge in [-0.1, -0.05) is 18.2 Å². The Balaban J connectivity index is 2.21. The molecule has 4 nitrogen and oxygen atoms in total. The van der Waals surface area contributed by atoms with Crippen molar-refractivity contribution in [1.82, 2.24) is 5.48 Å². The molecule has 74 valence electrons. The van der Waals surface area contributed by atoms with Crippen LogP contribution in [0, 0.1) is 0 Å². The van der Waals surface area contributed by atoms with E-state index in [1.165, 1.54) is 12.7 Å². The van der Waals surface area contributed by atoms with Gasteiger partial charge >= 0.3 is 6.03 Å². The smallest absolute Gasteiger partial charge is 0.292 e. The van der Waals surface area contributed by atoms with Gasteiger partial charge in [-0.2, -0.15) is 0 Å². The number of nitrogens with zero attached hydrogens (tertiary/aromatic N) is 1. The molecule has 0 aromatic heterocycles. The number of rotatable bonds is 1. The van der Waals surface area contributed by atoms with Gasteiger partial charge in [0.25, 0.3) is 0 Å². The fraction of sp³-hybridized carbons (Fsp3) is 0.300. The molecule has 1 N–H and O–H groups in total. The average molecular weight is 192 g/mol. The van der Waals surface area contributed by atoms with Crippen molar-refractivity contribution < 1.29 is 9.63 Å². The second-order valence-electron chi connectivity index (χ2n) is 3.14. The predicted molar refractivity (Wildman–Crippen MR) is 53.0 cm³/mol. The number of amides is 2. The molecule has 4 heteroatoms. The maximum absolute atomic E-state index is 11.5. The highest BCUT2D eigenvalue weighted by atomic mass is 16.6. The van der Waals surface area contributed by atoms with Crippen molar-refractivity contribution in [3.05, 3.63) is 29.8 Å². The minimum atomic E-state index is -0.211. The largest absolute Gasteiger partial charge is 0.345 e. The van der Waals surface area contributed by atoms with Gasteiger partial charge in [-0.3, -0.25) is 9.74 Å². The van der Waals surface area contributed by atoms with Crippen molar-refractivity contribution in [2.75, 3.05) is 18.6 Å². The summed E-state index contributed by atoms with van der Waals surface area (Å²) in [7, 11) is 1.43. The first-order valence-corrected chi connectivity index (χ1v) is 4.51. The molecule has 0 saturated heterocycles. The van der Waals surface area contributed by atoms with E-state index in [4.69, 9.17) is 0 Å². The third-order valence-electron chi connectivity index (χ3n) is 2.32. The highest BCUT2D eigenvalue weighted by Gasteiger charge is 2.23. The summed E-state index contributed by atoms with van der Waals surface area (Å²) in [4.78, 5) is 17.8. The molecule has 14 heavy (non-hydrogen) atoms. The van der Waals surface area contributed by atoms with E-state index >= 15 is 0 Å². The number of carbonyl (C=O) groups excluding carboxylic acids is 1. The topological polar surface area (TPSA) is 41.6 Å². The van der Waals surface area contributed by atoms with Crippen LogP contribution in [0.4, 0.5) is 10.5 Å². The summed E-state index contributed by atoms with van der Waals surface area (Å²) in [5.74, 6) is 0. The van der Waals surface area contributed by atoms with Crippen molar-refractivity contribution in [3.8, 4) is 0 Å². The van der Waals surface area contributed by atoms with Gasteiger partial charge in [0.2, 0.25) is 0 Å². The molecule has 0 saturated carbocycles. The van der Waals surface area contributed by atoms with Gasteiger partial charge in [-0.15, -0.1) is 0 Å². The number of carbonyl (C=O) groups is 1. The summed E-state index contributed by atoms with van der Waals surface area (Å²) < 4.78 is 0. The standard InChI is InChI=1S/C10H12N2O2/c1-14-11-10(13)12-7-6-8-4-2-3-5-9(8)12/h2-5H,6-7H2,1H3,(H,11,13). The van der Waals surface area contributed by atoms with E-state index in [2.05, 4.69) is 10.3 Å². The lowest BCUT2D eigenvalue weighted by atomic mass is 10.2. The Labute approximate surface area is 82.4 Å². The first-order valence-electron chi connectivity index (χ1n) is 4.51. The first-order chi connectivity index (χ1) is 6.83. The second kappa shape index (κ2) is 3.67. The summed E-state index contributed by atoms with van der Waals surface area (Å²) in [6.45, 7) is 0.717. The first kappa shape index (κ1) is 9.02. The van der Waals surface area contributed by atoms with E-state index in [0.717, 1.165) is 12.1 Å². The van der Waals surface area contributed by atoms with Crippen molar-refractivity contribution in [2.24, 2.45) is 0 Å². The van der Waals surface area contributed by atoms with Crippen LogP contribution in [0.3, 0.4) is 0 Å². The van der Waals surface area contributed by atoms with E-state index in [9.17, 15) is 4.79 Å². The molecule has 0 fully saturated rings. The van der Waals surface area contributed by atoms with Gasteiger partial charge in [0.05, 0.1) is 7.11 Å². The third-order valence-corrected chi connectivity index (χ3v) is 2.32. The van der Waals surface area contributed by atoms with Gasteiger partial charge < -0.3 is 0 Å². The van der Waals surface area contributed by atoms with Crippen molar-refractivity contribution in [2.45, 2.75) is 6.42 Å². The molecule has 0 aliphatic carbocycles. The number of urea groups is 1. The number of anilines is 1. The van der Waals surface area contributed by atoms with Crippen LogP contribution in [0.25, 0.3) is 0 Å². The maximum atomic E-state index is 11.5. The van der Waals surface area contributed by atoms with Crippen LogP contribution in [0.5, 0.6) is 0 Å². The predicted octanol–water partition coefficient (Wildman–Crippen LogP) is 1.32. The van der Waals surface area contributed by atoms with E-state index in [1.807, 2.05) is 24.3 Å². The average Bonchev–Trinajstić information content (AvgIpc) is 2.61. The Bertz CT molecular complexity index is 352. The molecule has 1 aliphatic heterocycles. The number of nitrogens with one attached hydrogen (secondary N) is 1. The van der Waals surface area contributed by atoms with Crippen LogP contribution in [-0.2, 0) is 11.3 Å². The molecule has 1 aromatic rings. The zero-order valence-corrected chi connectivity index (χ0v) is 7.99. The van der Waals surface area contributed by atoms with Crippen LogP contribution < -0.4 is 10.4 Å². The monoisotopic (exact) mass is 192 g/mol. The van der Waals surface area contributed by atoms with E-state index in [-0.39, 0.29) is 6.03 Å². The lowest BCUT2D eigenvalue weighted by molar-refractivity contribution is 0.111. The molecule has 1 heterocycles. The maximum Gasteiger partial charge on any atom is 0.345 e. The fourth-order valence-corrected chi connectivity index (χ4v) is 1.69. The van der Waals surface area contributed by atoms with Crippen LogP contribution in [0.1, 0.15) is 5.56 Å². The van der Waals surface area contributed by atoms with Gasteiger partial charge in [-0.25, -0.2) is 10.3 Å². The van der Waals surface area contributed by atoms with E-state index in [0.29, 0.717) is 6.54 Å². The van der Waals surface area contributed by atoms with Crippen LogP contribution in [0.2, 0.25) is 0 Å². The lowest BCUT2D eigenvalue weighted by Gasteiger charge is -2.16. The quantitative estimate of drug-likeness (QED) is 0.682. The number of hydrogen-bond acceptors (Lipinski definition) is 2. The van der Waals surface area contributed by atoms with Crippen molar-refractivity contribution >= 4 is 11.7 Å². The molecule has 0 radical (unpaired) electrons. The molecule has 0 spiro atoms. The highest BCUT2D eigenvalue weighted by molar-refractivity contribution is 5.93. The number of fused-ring (bicyclic) bond motifs is 1. The molecule has 1 aromatic carbocycles. The Morgan fingerprint density at radius 2 is 2.29 bits per heavy atom. The van der Waals surface area contributed by atoms with Gasteiger partial charge in [0.15, 0.2) is 0 Å². The minimum absolute atomic E-state index is 0.211. The molecule has 0 atom stereocenters. The molecule has 0 unspecified atom stereocenters. The molecule has 1 aliphatic rings. The van der Waals surface area contributed by atoms with Crippen molar-refractivity contribution in [3.63, 3.8) is 0 Å². The second-order valence-corrected chi connectivity index (χ2v) is 3.14. The third kappa shape index (κ3) is 1.44. The lowest BCUT2D eigenvalue weighted by Crippen LogP contribution is -2.38. The van der Waals surface area contributed by atoms with Crippen molar-refractivity contribution in [1.29, 1.82) is 0 Å². The highest BCUT2D eigenvalue weighted by Crippen LogP contribution is 2.26. The molecule has 2 amide bonds. The molecular weight excluding hydrogens is 180 g/mol. The number of hydrogen-bond donors (Lipinski definition) is 1. The summed E-state index contributed by atoms with van der Waals surface area (Å²) in [6, 6.07) is 7.68. The van der Waals surface area contributed by atoms with E-state index in [1.54, 1.807) is 4.90 Å². The molecule has 2 rings (SSSR count). The SMILES string of the molecule is CONC(=O)N1CCc2ccccc21. The number of hydroxylamine groups is 1. The molecular formula is C10H12N2O2. The summed E-state index contributed by atoms with van der Waals surface area (Å²) in [5, 5.41) is 0. The Hall–Kier alpha value is -1.55. The van der Waals surface area contributed by atoms with Crippen LogP contribution >= 0.6 is 0 Å². The Morgan fingerprint density at radius 1 is 1.50 bits per heavy atom. The zero-order valence-electron chi connectivity index (χ0n) is 7.99. The Morgan fingerprint density at radius 3 is 3.07 bits per heavy atom. The summed E-state index contributed by atoms with van der Waals surface area (Å²) >= 11 is 0. The zero-order chi connectivity index (χ0) is 9.97. The number of benzene rings is 1. The van der Waals surface area contributed by atoms with Gasteiger partial charge in [0.1, 0.15) is 0 Å². The molecule has 0 bridgehead atoms. The normalized spacial score (nSPS) is 13.9. The van der Waals surface area contributed by atoms with E-state index < -0.39 is 0 Å². The minimum Gasteiger partial charge on any atom is -0.292 e. The number of para-hydroxylation sites is 1. The van der Waals surface area contributed by atoms with Crippen LogP contribution in [0.15, 0.2) is 24.3 Å². The summed E-state index contributed by atoms with van der Waals surface area (Å²) in [5.41, 5.74) is 4.50. The fourth-order valence-electron chi connectivity index (χ4n) is 1.69. The van der Waals surface area contributed by atoms with Gasteiger partial charge in [-0.05, 0) is 18.1 Å². The van der Waals surface area contributed by atoms with Gasteiger partial charge in [0, 0.05) is 12.2 Å².